The molecule has 0 saturated heterocycles. The fourth-order valence-electron chi connectivity index (χ4n) is 2.02. The number of amides is 1. The molecule has 5 nitrogen and oxygen atoms in total. The molecule has 0 atom stereocenters. The van der Waals surface area contributed by atoms with E-state index in [1.807, 2.05) is 11.4 Å². The Morgan fingerprint density at radius 1 is 1.12 bits per heavy atom. The molecule has 0 aliphatic heterocycles. The number of rotatable bonds is 10. The zero-order valence-electron chi connectivity index (χ0n) is 14.0. The van der Waals surface area contributed by atoms with E-state index in [0.29, 0.717) is 46.7 Å². The van der Waals surface area contributed by atoms with Gasteiger partial charge in [0.25, 0.3) is 5.91 Å². The van der Waals surface area contributed by atoms with Gasteiger partial charge in [-0.15, -0.1) is 11.3 Å². The van der Waals surface area contributed by atoms with Gasteiger partial charge in [0.1, 0.15) is 5.75 Å². The second-order valence-corrected chi connectivity index (χ2v) is 7.13. The molecule has 1 aromatic carbocycles. The average molecular weight is 416 g/mol. The van der Waals surface area contributed by atoms with Crippen molar-refractivity contribution in [2.24, 2.45) is 0 Å². The van der Waals surface area contributed by atoms with E-state index in [0.717, 1.165) is 0 Å². The van der Waals surface area contributed by atoms with Crippen LogP contribution in [0, 0.1) is 0 Å². The lowest BCUT2D eigenvalue weighted by Gasteiger charge is -2.08. The first-order chi connectivity index (χ1) is 12.6. The van der Waals surface area contributed by atoms with Crippen LogP contribution in [0.4, 0.5) is 0 Å². The number of thiophene rings is 1. The Morgan fingerprint density at radius 3 is 2.69 bits per heavy atom. The summed E-state index contributed by atoms with van der Waals surface area (Å²) in [5.74, 6) is 0.135. The van der Waals surface area contributed by atoms with Gasteiger partial charge in [-0.3, -0.25) is 9.59 Å². The molecule has 2 rings (SSSR count). The summed E-state index contributed by atoms with van der Waals surface area (Å²) in [6.45, 7) is 1.09. The van der Waals surface area contributed by atoms with E-state index in [4.69, 9.17) is 32.7 Å². The molecule has 0 aliphatic rings. The Bertz CT molecular complexity index is 722. The number of nitrogens with one attached hydrogen (secondary N) is 1. The molecule has 8 heteroatoms. The zero-order valence-corrected chi connectivity index (χ0v) is 16.3. The Kier molecular flexibility index (Phi) is 8.74. The third-order valence-electron chi connectivity index (χ3n) is 3.29. The van der Waals surface area contributed by atoms with Crippen LogP contribution in [0.5, 0.6) is 5.75 Å². The molecule has 26 heavy (non-hydrogen) atoms. The summed E-state index contributed by atoms with van der Waals surface area (Å²) in [7, 11) is 0. The molecule has 1 amide bonds. The summed E-state index contributed by atoms with van der Waals surface area (Å²) in [6.07, 6.45) is 1.35. The van der Waals surface area contributed by atoms with Gasteiger partial charge in [-0.1, -0.05) is 29.3 Å². The first-order valence-electron chi connectivity index (χ1n) is 8.11. The lowest BCUT2D eigenvalue weighted by atomic mass is 10.3. The topological polar surface area (TPSA) is 64.6 Å². The molecule has 1 heterocycles. The van der Waals surface area contributed by atoms with Crippen LogP contribution >= 0.6 is 34.5 Å². The second-order valence-electron chi connectivity index (χ2n) is 5.33. The van der Waals surface area contributed by atoms with E-state index in [1.54, 1.807) is 24.3 Å². The van der Waals surface area contributed by atoms with Gasteiger partial charge in [-0.05, 0) is 42.5 Å². The van der Waals surface area contributed by atoms with Crippen LogP contribution in [-0.2, 0) is 9.53 Å². The van der Waals surface area contributed by atoms with Crippen LogP contribution < -0.4 is 10.1 Å². The Balaban J connectivity index is 1.50. The lowest BCUT2D eigenvalue weighted by Crippen LogP contribution is -2.24. The third-order valence-corrected chi connectivity index (χ3v) is 4.69. The molecule has 140 valence electrons. The van der Waals surface area contributed by atoms with Crippen LogP contribution in [0.3, 0.4) is 0 Å². The Labute approximate surface area is 166 Å². The maximum Gasteiger partial charge on any atom is 0.305 e. The summed E-state index contributed by atoms with van der Waals surface area (Å²) in [5, 5.41) is 5.60. The lowest BCUT2D eigenvalue weighted by molar-refractivity contribution is -0.143. The quantitative estimate of drug-likeness (QED) is 0.455. The van der Waals surface area contributed by atoms with Crippen molar-refractivity contribution in [2.45, 2.75) is 19.3 Å². The Morgan fingerprint density at radius 2 is 1.96 bits per heavy atom. The summed E-state index contributed by atoms with van der Waals surface area (Å²) in [5.41, 5.74) is 0. The maximum absolute atomic E-state index is 11.7. The highest BCUT2D eigenvalue weighted by atomic mass is 35.5. The van der Waals surface area contributed by atoms with Gasteiger partial charge in [0, 0.05) is 18.0 Å². The molecule has 0 fully saturated rings. The highest BCUT2D eigenvalue weighted by Gasteiger charge is 2.07. The smallest absolute Gasteiger partial charge is 0.305 e. The number of benzene rings is 1. The van der Waals surface area contributed by atoms with Gasteiger partial charge < -0.3 is 14.8 Å². The fraction of sp³-hybridized carbons (Fsp3) is 0.333. The highest BCUT2D eigenvalue weighted by Crippen LogP contribution is 2.27. The summed E-state index contributed by atoms with van der Waals surface area (Å²) in [4.78, 5) is 24.0. The van der Waals surface area contributed by atoms with E-state index < -0.39 is 0 Å². The first kappa shape index (κ1) is 20.6. The number of ether oxygens (including phenoxy) is 2. The second kappa shape index (κ2) is 11.1. The van der Waals surface area contributed by atoms with E-state index in [-0.39, 0.29) is 24.9 Å². The van der Waals surface area contributed by atoms with Crippen molar-refractivity contribution in [3.63, 3.8) is 0 Å². The van der Waals surface area contributed by atoms with Gasteiger partial charge in [0.2, 0.25) is 0 Å². The molecule has 0 aliphatic carbocycles. The number of halogens is 2. The minimum Gasteiger partial charge on any atom is -0.492 e. The SMILES string of the molecule is O=C(CCCOc1ccc(Cl)cc1Cl)OCCCNC(=O)c1cccs1. The standard InChI is InChI=1S/C18H19Cl2NO4S/c19-13-6-7-15(14(20)12-13)24-9-1-5-17(22)25-10-3-8-21-18(23)16-4-2-11-26-16/h2,4,6-7,11-12H,1,3,5,8-10H2,(H,21,23). The van der Waals surface area contributed by atoms with Crippen LogP contribution in [-0.4, -0.2) is 31.6 Å². The fourth-order valence-corrected chi connectivity index (χ4v) is 3.12. The predicted molar refractivity (Wildman–Crippen MR) is 103 cm³/mol. The van der Waals surface area contributed by atoms with Crippen molar-refractivity contribution in [3.05, 3.63) is 50.6 Å². The van der Waals surface area contributed by atoms with Crippen molar-refractivity contribution in [2.75, 3.05) is 19.8 Å². The van der Waals surface area contributed by atoms with Crippen LogP contribution in [0.1, 0.15) is 28.9 Å². The van der Waals surface area contributed by atoms with Gasteiger partial charge >= 0.3 is 5.97 Å². The number of hydrogen-bond acceptors (Lipinski definition) is 5. The number of hydrogen-bond donors (Lipinski definition) is 1. The number of carbonyl (C=O) groups is 2. The maximum atomic E-state index is 11.7. The molecule has 1 aromatic heterocycles. The van der Waals surface area contributed by atoms with E-state index in [2.05, 4.69) is 5.32 Å². The summed E-state index contributed by atoms with van der Waals surface area (Å²) >= 11 is 13.2. The first-order valence-corrected chi connectivity index (χ1v) is 9.75. The third kappa shape index (κ3) is 7.23. The molecule has 2 aromatic rings. The molecule has 0 bridgehead atoms. The van der Waals surface area contributed by atoms with Gasteiger partial charge in [-0.25, -0.2) is 0 Å². The van der Waals surface area contributed by atoms with Crippen molar-refractivity contribution in [3.8, 4) is 5.75 Å². The van der Waals surface area contributed by atoms with E-state index in [9.17, 15) is 9.59 Å². The largest absolute Gasteiger partial charge is 0.492 e. The van der Waals surface area contributed by atoms with Crippen molar-refractivity contribution in [1.82, 2.24) is 5.32 Å². The van der Waals surface area contributed by atoms with Gasteiger partial charge in [-0.2, -0.15) is 0 Å². The summed E-state index contributed by atoms with van der Waals surface area (Å²) < 4.78 is 10.6. The van der Waals surface area contributed by atoms with E-state index >= 15 is 0 Å². The molecular formula is C18H19Cl2NO4S. The number of carbonyl (C=O) groups excluding carboxylic acids is 2. The molecule has 0 radical (unpaired) electrons. The van der Waals surface area contributed by atoms with E-state index in [1.165, 1.54) is 11.3 Å². The molecular weight excluding hydrogens is 397 g/mol. The zero-order chi connectivity index (χ0) is 18.8. The van der Waals surface area contributed by atoms with Gasteiger partial charge in [0.15, 0.2) is 0 Å². The number of esters is 1. The minimum atomic E-state index is -0.291. The molecule has 1 N–H and O–H groups in total. The van der Waals surface area contributed by atoms with Crippen LogP contribution in [0.15, 0.2) is 35.7 Å². The van der Waals surface area contributed by atoms with Gasteiger partial charge in [0.05, 0.1) is 23.1 Å². The molecule has 0 unspecified atom stereocenters. The monoisotopic (exact) mass is 415 g/mol. The predicted octanol–water partition coefficient (Wildman–Crippen LogP) is 4.58. The molecule has 0 spiro atoms. The normalized spacial score (nSPS) is 10.4. The minimum absolute atomic E-state index is 0.107. The van der Waals surface area contributed by atoms with Crippen molar-refractivity contribution in [1.29, 1.82) is 0 Å². The Hall–Kier alpha value is -1.76. The van der Waals surface area contributed by atoms with Crippen LogP contribution in [0.2, 0.25) is 10.0 Å². The molecule has 0 saturated carbocycles. The summed E-state index contributed by atoms with van der Waals surface area (Å²) in [6, 6.07) is 8.57. The van der Waals surface area contributed by atoms with Crippen molar-refractivity contribution >= 4 is 46.4 Å². The average Bonchev–Trinajstić information content (AvgIpc) is 3.14. The highest BCUT2D eigenvalue weighted by molar-refractivity contribution is 7.12. The van der Waals surface area contributed by atoms with Crippen molar-refractivity contribution < 1.29 is 19.1 Å². The van der Waals surface area contributed by atoms with Crippen LogP contribution in [0.25, 0.3) is 0 Å².